The Bertz CT molecular complexity index is 545. The molecule has 0 saturated carbocycles. The Labute approximate surface area is 122 Å². The number of aromatic nitrogens is 1. The first-order chi connectivity index (χ1) is 9.61. The van der Waals surface area contributed by atoms with Gasteiger partial charge in [0.2, 0.25) is 0 Å². The molecular formula is C13H19N5OS. The van der Waals surface area contributed by atoms with Gasteiger partial charge >= 0.3 is 0 Å². The smallest absolute Gasteiger partial charge is 0.266 e. The fraction of sp³-hybridized carbons (Fsp3) is 0.538. The standard InChI is InChI=1S/C13H19N5OS/c1-2-3-6-16-12(19)10-11(15)17-13(20-10)18-7-4-5-9(14)8-18/h9H,4-8,14-15H2,1H3,(H,16,19). The second-order valence-corrected chi connectivity index (χ2v) is 5.65. The molecule has 1 atom stereocenters. The van der Waals surface area contributed by atoms with E-state index in [-0.39, 0.29) is 17.8 Å². The first-order valence-corrected chi connectivity index (χ1v) is 7.38. The molecule has 6 nitrogen and oxygen atoms in total. The van der Waals surface area contributed by atoms with Gasteiger partial charge in [-0.15, -0.1) is 5.92 Å². The summed E-state index contributed by atoms with van der Waals surface area (Å²) in [7, 11) is 0. The number of nitrogens with two attached hydrogens (primary N) is 2. The highest BCUT2D eigenvalue weighted by molar-refractivity contribution is 7.18. The summed E-state index contributed by atoms with van der Waals surface area (Å²) in [5.41, 5.74) is 11.8. The van der Waals surface area contributed by atoms with Gasteiger partial charge in [-0.25, -0.2) is 4.98 Å². The lowest BCUT2D eigenvalue weighted by molar-refractivity contribution is 0.0963. The van der Waals surface area contributed by atoms with Crippen LogP contribution < -0.4 is 21.7 Å². The number of rotatable bonds is 3. The highest BCUT2D eigenvalue weighted by Gasteiger charge is 2.23. The number of nitrogens with one attached hydrogen (secondary N) is 1. The molecule has 1 aliphatic rings. The molecule has 0 aliphatic carbocycles. The maximum absolute atomic E-state index is 12.0. The van der Waals surface area contributed by atoms with Crippen LogP contribution in [0.25, 0.3) is 0 Å². The number of thiazole rings is 1. The summed E-state index contributed by atoms with van der Waals surface area (Å²) >= 11 is 1.31. The zero-order valence-electron chi connectivity index (χ0n) is 11.5. The zero-order valence-corrected chi connectivity index (χ0v) is 12.3. The first-order valence-electron chi connectivity index (χ1n) is 6.56. The van der Waals surface area contributed by atoms with Crippen LogP contribution in [0, 0.1) is 11.8 Å². The molecule has 20 heavy (non-hydrogen) atoms. The van der Waals surface area contributed by atoms with Crippen LogP contribution >= 0.6 is 11.3 Å². The van der Waals surface area contributed by atoms with Gasteiger partial charge in [0.05, 0.1) is 6.54 Å². The van der Waals surface area contributed by atoms with E-state index >= 15 is 0 Å². The molecule has 0 radical (unpaired) electrons. The maximum atomic E-state index is 12.0. The number of carbonyl (C=O) groups is 1. The number of carbonyl (C=O) groups excluding carboxylic acids is 1. The molecule has 0 aromatic carbocycles. The molecule has 1 aliphatic heterocycles. The average Bonchev–Trinajstić information content (AvgIpc) is 2.81. The molecule has 1 unspecified atom stereocenters. The fourth-order valence-electron chi connectivity index (χ4n) is 2.09. The Morgan fingerprint density at radius 3 is 3.15 bits per heavy atom. The summed E-state index contributed by atoms with van der Waals surface area (Å²) in [4.78, 5) is 18.8. The van der Waals surface area contributed by atoms with Gasteiger partial charge in [-0.1, -0.05) is 17.3 Å². The molecule has 1 aromatic rings. The van der Waals surface area contributed by atoms with Crippen LogP contribution in [-0.2, 0) is 0 Å². The van der Waals surface area contributed by atoms with Crippen LogP contribution in [0.15, 0.2) is 0 Å². The molecule has 7 heteroatoms. The van der Waals surface area contributed by atoms with Crippen molar-refractivity contribution in [2.75, 3.05) is 30.3 Å². The van der Waals surface area contributed by atoms with Crippen LogP contribution in [0.1, 0.15) is 29.4 Å². The van der Waals surface area contributed by atoms with Gasteiger partial charge in [0.1, 0.15) is 10.7 Å². The lowest BCUT2D eigenvalue weighted by atomic mass is 10.1. The van der Waals surface area contributed by atoms with E-state index in [1.807, 2.05) is 0 Å². The molecule has 0 spiro atoms. The molecule has 1 aromatic heterocycles. The van der Waals surface area contributed by atoms with E-state index in [0.29, 0.717) is 11.4 Å². The third-order valence-electron chi connectivity index (χ3n) is 3.09. The zero-order chi connectivity index (χ0) is 14.5. The van der Waals surface area contributed by atoms with Gasteiger partial charge in [-0.05, 0) is 19.8 Å². The normalized spacial score (nSPS) is 18.3. The summed E-state index contributed by atoms with van der Waals surface area (Å²) in [5, 5.41) is 3.47. The van der Waals surface area contributed by atoms with Crippen LogP contribution in [0.3, 0.4) is 0 Å². The molecule has 2 heterocycles. The van der Waals surface area contributed by atoms with Crippen LogP contribution in [0.5, 0.6) is 0 Å². The topological polar surface area (TPSA) is 97.3 Å². The van der Waals surface area contributed by atoms with Crippen molar-refractivity contribution in [3.05, 3.63) is 4.88 Å². The largest absolute Gasteiger partial charge is 0.382 e. The molecule has 2 rings (SSSR count). The molecule has 1 saturated heterocycles. The van der Waals surface area contributed by atoms with Crippen molar-refractivity contribution < 1.29 is 4.79 Å². The van der Waals surface area contributed by atoms with E-state index in [1.165, 1.54) is 11.3 Å². The number of nitrogens with zero attached hydrogens (tertiary/aromatic N) is 2. The lowest BCUT2D eigenvalue weighted by Gasteiger charge is -2.30. The van der Waals surface area contributed by atoms with Gasteiger partial charge in [-0.2, -0.15) is 0 Å². The molecule has 0 bridgehead atoms. The lowest BCUT2D eigenvalue weighted by Crippen LogP contribution is -2.42. The summed E-state index contributed by atoms with van der Waals surface area (Å²) in [6.07, 6.45) is 2.06. The van der Waals surface area contributed by atoms with E-state index in [0.717, 1.165) is 31.1 Å². The highest BCUT2D eigenvalue weighted by Crippen LogP contribution is 2.29. The molecule has 1 amide bonds. The van der Waals surface area contributed by atoms with Crippen molar-refractivity contribution in [3.63, 3.8) is 0 Å². The minimum atomic E-state index is -0.227. The molecule has 1 fully saturated rings. The van der Waals surface area contributed by atoms with Gasteiger partial charge in [0.25, 0.3) is 5.91 Å². The summed E-state index contributed by atoms with van der Waals surface area (Å²) in [6, 6.07) is 0.158. The minimum absolute atomic E-state index is 0.158. The van der Waals surface area contributed by atoms with E-state index in [9.17, 15) is 4.79 Å². The van der Waals surface area contributed by atoms with Gasteiger partial charge < -0.3 is 21.7 Å². The summed E-state index contributed by atoms with van der Waals surface area (Å²) < 4.78 is 0. The first kappa shape index (κ1) is 14.6. The number of hydrogen-bond acceptors (Lipinski definition) is 6. The quantitative estimate of drug-likeness (QED) is 0.701. The molecule has 5 N–H and O–H groups in total. The summed E-state index contributed by atoms with van der Waals surface area (Å²) in [6.45, 7) is 3.71. The third-order valence-corrected chi connectivity index (χ3v) is 4.22. The van der Waals surface area contributed by atoms with E-state index in [2.05, 4.69) is 27.0 Å². The highest BCUT2D eigenvalue weighted by atomic mass is 32.1. The second-order valence-electron chi connectivity index (χ2n) is 4.67. The Kier molecular flexibility index (Phi) is 4.82. The number of amides is 1. The van der Waals surface area contributed by atoms with Crippen molar-refractivity contribution >= 4 is 28.2 Å². The van der Waals surface area contributed by atoms with Crippen molar-refractivity contribution in [2.45, 2.75) is 25.8 Å². The average molecular weight is 293 g/mol. The Balaban J connectivity index is 2.07. The van der Waals surface area contributed by atoms with Gasteiger partial charge in [-0.3, -0.25) is 4.79 Å². The summed E-state index contributed by atoms with van der Waals surface area (Å²) in [5.74, 6) is 5.54. The van der Waals surface area contributed by atoms with Crippen molar-refractivity contribution in [3.8, 4) is 11.8 Å². The Morgan fingerprint density at radius 2 is 2.45 bits per heavy atom. The minimum Gasteiger partial charge on any atom is -0.382 e. The monoisotopic (exact) mass is 293 g/mol. The fourth-order valence-corrected chi connectivity index (χ4v) is 3.03. The van der Waals surface area contributed by atoms with Crippen molar-refractivity contribution in [1.29, 1.82) is 0 Å². The third kappa shape index (κ3) is 3.40. The van der Waals surface area contributed by atoms with E-state index in [1.54, 1.807) is 6.92 Å². The van der Waals surface area contributed by atoms with Gasteiger partial charge in [0.15, 0.2) is 5.13 Å². The predicted octanol–water partition coefficient (Wildman–Crippen LogP) is 0.406. The van der Waals surface area contributed by atoms with E-state index < -0.39 is 0 Å². The SMILES string of the molecule is CC#CCNC(=O)c1sc(N2CCCC(N)C2)nc1N. The van der Waals surface area contributed by atoms with Gasteiger partial charge in [0, 0.05) is 19.1 Å². The Morgan fingerprint density at radius 1 is 1.65 bits per heavy atom. The van der Waals surface area contributed by atoms with Crippen LogP contribution in [-0.4, -0.2) is 36.6 Å². The number of anilines is 2. The predicted molar refractivity (Wildman–Crippen MR) is 81.7 cm³/mol. The van der Waals surface area contributed by atoms with Crippen molar-refractivity contribution in [1.82, 2.24) is 10.3 Å². The van der Waals surface area contributed by atoms with Crippen LogP contribution in [0.4, 0.5) is 10.9 Å². The molecular weight excluding hydrogens is 274 g/mol. The molecule has 108 valence electrons. The van der Waals surface area contributed by atoms with Crippen molar-refractivity contribution in [2.24, 2.45) is 5.73 Å². The van der Waals surface area contributed by atoms with Crippen LogP contribution in [0.2, 0.25) is 0 Å². The Hall–Kier alpha value is -1.78. The number of hydrogen-bond donors (Lipinski definition) is 3. The number of nitrogen functional groups attached to an aromatic ring is 1. The van der Waals surface area contributed by atoms with E-state index in [4.69, 9.17) is 11.5 Å². The maximum Gasteiger partial charge on any atom is 0.266 e. The number of piperidine rings is 1. The second kappa shape index (κ2) is 6.59.